The number of alkyl carbamates (subject to hydrolysis) is 1. The zero-order valence-corrected chi connectivity index (χ0v) is 7.28. The summed E-state index contributed by atoms with van der Waals surface area (Å²) in [5, 5.41) is 3.66. The first kappa shape index (κ1) is 8.99. The number of ether oxygens (including phenoxy) is 1. The predicted octanol–water partition coefficient (Wildman–Crippen LogP) is 1.74. The lowest BCUT2D eigenvalue weighted by Gasteiger charge is -1.99. The molecule has 1 aromatic rings. The number of nitrogens with one attached hydrogen (secondary N) is 1. The van der Waals surface area contributed by atoms with Gasteiger partial charge in [0.25, 0.3) is 0 Å². The van der Waals surface area contributed by atoms with E-state index in [0.29, 0.717) is 4.88 Å². The fourth-order valence-electron chi connectivity index (χ4n) is 0.638. The highest BCUT2D eigenvalue weighted by Crippen LogP contribution is 2.13. The molecule has 0 aliphatic rings. The summed E-state index contributed by atoms with van der Waals surface area (Å²) in [6.45, 7) is 0.119. The highest BCUT2D eigenvalue weighted by Gasteiger charge is 2.01. The monoisotopic (exact) mass is 189 g/mol. The smallest absolute Gasteiger partial charge is 0.407 e. The fourth-order valence-corrected chi connectivity index (χ4v) is 1.28. The van der Waals surface area contributed by atoms with Gasteiger partial charge in [-0.15, -0.1) is 11.3 Å². The molecule has 12 heavy (non-hydrogen) atoms. The van der Waals surface area contributed by atoms with Gasteiger partial charge in [0.2, 0.25) is 0 Å². The lowest BCUT2D eigenvalue weighted by atomic mass is 10.5. The Labute approximate surface area is 73.2 Å². The minimum absolute atomic E-state index is 0.119. The lowest BCUT2D eigenvalue weighted by molar-refractivity contribution is 0.143. The molecule has 0 atom stereocenters. The van der Waals surface area contributed by atoms with Crippen LogP contribution < -0.4 is 5.32 Å². The number of amides is 1. The van der Waals surface area contributed by atoms with Crippen molar-refractivity contribution in [3.05, 3.63) is 22.1 Å². The molecule has 0 spiro atoms. The maximum Gasteiger partial charge on any atom is 0.407 e. The van der Waals surface area contributed by atoms with Gasteiger partial charge in [0, 0.05) is 17.3 Å². The topological polar surface area (TPSA) is 38.3 Å². The van der Waals surface area contributed by atoms with E-state index in [1.54, 1.807) is 0 Å². The molecule has 5 heteroatoms. The first-order chi connectivity index (χ1) is 5.72. The standard InChI is InChI=1S/C7H8FNO2S/c1-9-7(10)11-3-6-2-5(8)4-12-6/h2,4H,3H2,1H3,(H,9,10). The zero-order chi connectivity index (χ0) is 8.97. The van der Waals surface area contributed by atoms with Gasteiger partial charge in [-0.2, -0.15) is 0 Å². The second kappa shape index (κ2) is 4.06. The summed E-state index contributed by atoms with van der Waals surface area (Å²) in [6.07, 6.45) is -0.510. The second-order valence-corrected chi connectivity index (χ2v) is 3.05. The average Bonchev–Trinajstić information content (AvgIpc) is 2.47. The van der Waals surface area contributed by atoms with Crippen LogP contribution in [0.3, 0.4) is 0 Å². The summed E-state index contributed by atoms with van der Waals surface area (Å²) in [4.78, 5) is 11.3. The van der Waals surface area contributed by atoms with E-state index in [-0.39, 0.29) is 12.4 Å². The van der Waals surface area contributed by atoms with Crippen LogP contribution in [0.25, 0.3) is 0 Å². The molecule has 0 bridgehead atoms. The van der Waals surface area contributed by atoms with E-state index < -0.39 is 6.09 Å². The van der Waals surface area contributed by atoms with Crippen LogP contribution in [0.4, 0.5) is 9.18 Å². The summed E-state index contributed by atoms with van der Waals surface area (Å²) in [7, 11) is 1.47. The Morgan fingerprint density at radius 2 is 2.58 bits per heavy atom. The number of hydrogen-bond donors (Lipinski definition) is 1. The van der Waals surface area contributed by atoms with Gasteiger partial charge in [0.1, 0.15) is 12.4 Å². The molecule has 0 saturated heterocycles. The Balaban J connectivity index is 2.38. The molecule has 1 aromatic heterocycles. The first-order valence-electron chi connectivity index (χ1n) is 3.30. The van der Waals surface area contributed by atoms with E-state index in [1.165, 1.54) is 29.8 Å². The van der Waals surface area contributed by atoms with Crippen LogP contribution in [-0.2, 0) is 11.3 Å². The molecular weight excluding hydrogens is 181 g/mol. The van der Waals surface area contributed by atoms with Crippen LogP contribution >= 0.6 is 11.3 Å². The van der Waals surface area contributed by atoms with E-state index in [4.69, 9.17) is 0 Å². The number of hydrogen-bond acceptors (Lipinski definition) is 3. The molecule has 1 N–H and O–H groups in total. The predicted molar refractivity (Wildman–Crippen MR) is 43.5 cm³/mol. The molecule has 0 aromatic carbocycles. The number of halogens is 1. The van der Waals surface area contributed by atoms with E-state index >= 15 is 0 Å². The Morgan fingerprint density at radius 3 is 3.08 bits per heavy atom. The number of carbonyl (C=O) groups is 1. The summed E-state index contributed by atoms with van der Waals surface area (Å²) >= 11 is 1.22. The van der Waals surface area contributed by atoms with Crippen molar-refractivity contribution in [2.24, 2.45) is 0 Å². The minimum Gasteiger partial charge on any atom is -0.444 e. The quantitative estimate of drug-likeness (QED) is 0.769. The van der Waals surface area contributed by atoms with E-state index in [9.17, 15) is 9.18 Å². The minimum atomic E-state index is -0.510. The molecule has 1 rings (SSSR count). The van der Waals surface area contributed by atoms with Crippen molar-refractivity contribution in [2.75, 3.05) is 7.05 Å². The van der Waals surface area contributed by atoms with Gasteiger partial charge >= 0.3 is 6.09 Å². The van der Waals surface area contributed by atoms with Crippen LogP contribution in [0, 0.1) is 5.82 Å². The Hall–Kier alpha value is -1.10. The Morgan fingerprint density at radius 1 is 1.83 bits per heavy atom. The van der Waals surface area contributed by atoms with Gasteiger partial charge in [0.15, 0.2) is 0 Å². The van der Waals surface area contributed by atoms with Gasteiger partial charge in [0.05, 0.1) is 0 Å². The number of rotatable bonds is 2. The molecule has 0 saturated carbocycles. The molecule has 3 nitrogen and oxygen atoms in total. The van der Waals surface area contributed by atoms with Gasteiger partial charge in [-0.25, -0.2) is 9.18 Å². The molecule has 1 amide bonds. The summed E-state index contributed by atoms with van der Waals surface area (Å²) < 4.78 is 17.1. The summed E-state index contributed by atoms with van der Waals surface area (Å²) in [6, 6.07) is 1.34. The first-order valence-corrected chi connectivity index (χ1v) is 4.17. The summed E-state index contributed by atoms with van der Waals surface area (Å²) in [5.74, 6) is -0.296. The largest absolute Gasteiger partial charge is 0.444 e. The molecule has 0 aliphatic heterocycles. The number of carbonyl (C=O) groups excluding carboxylic acids is 1. The van der Waals surface area contributed by atoms with Crippen molar-refractivity contribution < 1.29 is 13.9 Å². The maximum atomic E-state index is 12.4. The van der Waals surface area contributed by atoms with Crippen LogP contribution in [-0.4, -0.2) is 13.1 Å². The number of thiophene rings is 1. The van der Waals surface area contributed by atoms with Crippen LogP contribution in [0.5, 0.6) is 0 Å². The Bertz CT molecular complexity index is 274. The third-order valence-electron chi connectivity index (χ3n) is 1.17. The Kier molecular flexibility index (Phi) is 3.04. The highest BCUT2D eigenvalue weighted by molar-refractivity contribution is 7.09. The van der Waals surface area contributed by atoms with Crippen LogP contribution in [0.1, 0.15) is 4.88 Å². The third kappa shape index (κ3) is 2.50. The van der Waals surface area contributed by atoms with Crippen molar-refractivity contribution in [2.45, 2.75) is 6.61 Å². The zero-order valence-electron chi connectivity index (χ0n) is 6.46. The SMILES string of the molecule is CNC(=O)OCc1cc(F)cs1. The van der Waals surface area contributed by atoms with Crippen molar-refractivity contribution in [1.29, 1.82) is 0 Å². The lowest BCUT2D eigenvalue weighted by Crippen LogP contribution is -2.18. The van der Waals surface area contributed by atoms with Crippen molar-refractivity contribution >= 4 is 17.4 Å². The normalized spacial score (nSPS) is 9.50. The molecular formula is C7H8FNO2S. The molecule has 0 fully saturated rings. The molecule has 0 unspecified atom stereocenters. The van der Waals surface area contributed by atoms with Gasteiger partial charge in [-0.05, 0) is 6.07 Å². The average molecular weight is 189 g/mol. The van der Waals surface area contributed by atoms with E-state index in [2.05, 4.69) is 10.1 Å². The van der Waals surface area contributed by atoms with Crippen LogP contribution in [0.15, 0.2) is 11.4 Å². The van der Waals surface area contributed by atoms with Crippen molar-refractivity contribution in [1.82, 2.24) is 5.32 Å². The van der Waals surface area contributed by atoms with Gasteiger partial charge < -0.3 is 10.1 Å². The molecule has 0 aliphatic carbocycles. The van der Waals surface area contributed by atoms with Crippen LogP contribution in [0.2, 0.25) is 0 Å². The second-order valence-electron chi connectivity index (χ2n) is 2.06. The van der Waals surface area contributed by atoms with Gasteiger partial charge in [-0.1, -0.05) is 0 Å². The third-order valence-corrected chi connectivity index (χ3v) is 2.05. The van der Waals surface area contributed by atoms with E-state index in [1.807, 2.05) is 0 Å². The fraction of sp³-hybridized carbons (Fsp3) is 0.286. The van der Waals surface area contributed by atoms with Crippen molar-refractivity contribution in [3.63, 3.8) is 0 Å². The molecule has 0 radical (unpaired) electrons. The molecule has 1 heterocycles. The maximum absolute atomic E-state index is 12.4. The van der Waals surface area contributed by atoms with Gasteiger partial charge in [-0.3, -0.25) is 0 Å². The van der Waals surface area contributed by atoms with E-state index in [0.717, 1.165) is 0 Å². The van der Waals surface area contributed by atoms with Crippen molar-refractivity contribution in [3.8, 4) is 0 Å². The summed E-state index contributed by atoms with van der Waals surface area (Å²) in [5.41, 5.74) is 0. The molecule has 66 valence electrons. The highest BCUT2D eigenvalue weighted by atomic mass is 32.1.